The van der Waals surface area contributed by atoms with Crippen LogP contribution in [0.2, 0.25) is 0 Å². The van der Waals surface area contributed by atoms with Crippen LogP contribution in [0.15, 0.2) is 48.5 Å². The van der Waals surface area contributed by atoms with Crippen molar-refractivity contribution in [2.24, 2.45) is 5.41 Å². The van der Waals surface area contributed by atoms with E-state index >= 15 is 0 Å². The fraction of sp³-hybridized carbons (Fsp3) is 0.333. The van der Waals surface area contributed by atoms with Gasteiger partial charge in [-0.05, 0) is 17.0 Å². The second-order valence-corrected chi connectivity index (χ2v) is 6.30. The lowest BCUT2D eigenvalue weighted by atomic mass is 9.82. The van der Waals surface area contributed by atoms with Gasteiger partial charge in [-0.1, -0.05) is 63.2 Å². The first-order valence-corrected chi connectivity index (χ1v) is 7.11. The lowest BCUT2D eigenvalue weighted by Crippen LogP contribution is -2.32. The minimum absolute atomic E-state index is 0.0366. The quantitative estimate of drug-likeness (QED) is 0.849. The van der Waals surface area contributed by atoms with E-state index in [2.05, 4.69) is 26.1 Å². The Labute approximate surface area is 125 Å². The fourth-order valence-corrected chi connectivity index (χ4v) is 2.47. The van der Waals surface area contributed by atoms with Crippen LogP contribution in [0.4, 0.5) is 8.78 Å². The molecule has 3 heteroatoms. The largest absolute Gasteiger partial charge is 0.305 e. The van der Waals surface area contributed by atoms with Crippen LogP contribution in [-0.4, -0.2) is 0 Å². The Bertz CT molecular complexity index is 588. The molecule has 0 bridgehead atoms. The highest BCUT2D eigenvalue weighted by Gasteiger charge is 2.25. The third-order valence-electron chi connectivity index (χ3n) is 3.53. The molecule has 1 unspecified atom stereocenters. The zero-order valence-corrected chi connectivity index (χ0v) is 12.7. The molecule has 1 nitrogen and oxygen atoms in total. The molecular formula is C18H21F2N. The zero-order chi connectivity index (χ0) is 15.5. The summed E-state index contributed by atoms with van der Waals surface area (Å²) in [6.45, 7) is 6.67. The average molecular weight is 289 g/mol. The van der Waals surface area contributed by atoms with E-state index in [1.165, 1.54) is 6.07 Å². The van der Waals surface area contributed by atoms with Gasteiger partial charge in [0.05, 0.1) is 0 Å². The van der Waals surface area contributed by atoms with E-state index in [0.717, 1.165) is 11.6 Å². The summed E-state index contributed by atoms with van der Waals surface area (Å²) in [4.78, 5) is 0. The minimum atomic E-state index is -0.804. The molecular weight excluding hydrogens is 268 g/mol. The number of hydrogen-bond donors (Lipinski definition) is 1. The topological polar surface area (TPSA) is 12.0 Å². The third kappa shape index (κ3) is 3.88. The van der Waals surface area contributed by atoms with E-state index in [-0.39, 0.29) is 11.5 Å². The first-order valence-electron chi connectivity index (χ1n) is 7.11. The van der Waals surface area contributed by atoms with Gasteiger partial charge in [0.2, 0.25) is 0 Å². The fourth-order valence-electron chi connectivity index (χ4n) is 2.47. The highest BCUT2D eigenvalue weighted by atomic mass is 19.2. The van der Waals surface area contributed by atoms with Gasteiger partial charge in [0.1, 0.15) is 0 Å². The van der Waals surface area contributed by atoms with Gasteiger partial charge in [0, 0.05) is 18.2 Å². The Kier molecular flexibility index (Phi) is 4.73. The average Bonchev–Trinajstić information content (AvgIpc) is 2.43. The number of halogens is 2. The van der Waals surface area contributed by atoms with Crippen LogP contribution in [0.5, 0.6) is 0 Å². The summed E-state index contributed by atoms with van der Waals surface area (Å²) in [5.74, 6) is -1.58. The van der Waals surface area contributed by atoms with Gasteiger partial charge in [0.15, 0.2) is 11.6 Å². The summed E-state index contributed by atoms with van der Waals surface area (Å²) in [6.07, 6.45) is 0. The molecule has 112 valence electrons. The second kappa shape index (κ2) is 6.35. The van der Waals surface area contributed by atoms with Gasteiger partial charge in [-0.15, -0.1) is 0 Å². The van der Waals surface area contributed by atoms with Crippen LogP contribution in [0.3, 0.4) is 0 Å². The van der Waals surface area contributed by atoms with Crippen molar-refractivity contribution in [1.82, 2.24) is 5.32 Å². The van der Waals surface area contributed by atoms with Gasteiger partial charge in [-0.2, -0.15) is 0 Å². The number of nitrogens with one attached hydrogen (secondary N) is 1. The predicted octanol–water partition coefficient (Wildman–Crippen LogP) is 4.84. The lowest BCUT2D eigenvalue weighted by molar-refractivity contribution is 0.269. The van der Waals surface area contributed by atoms with E-state index in [9.17, 15) is 8.78 Å². The van der Waals surface area contributed by atoms with Crippen molar-refractivity contribution in [1.29, 1.82) is 0 Å². The van der Waals surface area contributed by atoms with Crippen molar-refractivity contribution in [2.45, 2.75) is 33.4 Å². The van der Waals surface area contributed by atoms with Crippen LogP contribution in [-0.2, 0) is 6.54 Å². The third-order valence-corrected chi connectivity index (χ3v) is 3.53. The molecule has 0 aromatic heterocycles. The molecule has 0 fully saturated rings. The van der Waals surface area contributed by atoms with E-state index in [4.69, 9.17) is 0 Å². The Morgan fingerprint density at radius 3 is 2.24 bits per heavy atom. The second-order valence-electron chi connectivity index (χ2n) is 6.30. The summed E-state index contributed by atoms with van der Waals surface area (Å²) in [5, 5.41) is 3.35. The maximum Gasteiger partial charge on any atom is 0.163 e. The molecule has 0 spiro atoms. The highest BCUT2D eigenvalue weighted by Crippen LogP contribution is 2.33. The summed E-state index contributed by atoms with van der Waals surface area (Å²) in [6, 6.07) is 14.4. The van der Waals surface area contributed by atoms with Gasteiger partial charge < -0.3 is 5.32 Å². The predicted molar refractivity (Wildman–Crippen MR) is 81.8 cm³/mol. The SMILES string of the molecule is CC(C)(C)C(NCc1cccc(F)c1F)c1ccccc1. The summed E-state index contributed by atoms with van der Waals surface area (Å²) >= 11 is 0. The Morgan fingerprint density at radius 2 is 1.62 bits per heavy atom. The van der Waals surface area contributed by atoms with Crippen molar-refractivity contribution in [3.05, 3.63) is 71.3 Å². The van der Waals surface area contributed by atoms with Crippen molar-refractivity contribution >= 4 is 0 Å². The first kappa shape index (κ1) is 15.6. The molecule has 0 aliphatic carbocycles. The van der Waals surface area contributed by atoms with Crippen LogP contribution in [0.1, 0.15) is 37.9 Å². The van der Waals surface area contributed by atoms with Gasteiger partial charge in [0.25, 0.3) is 0 Å². The molecule has 0 saturated carbocycles. The minimum Gasteiger partial charge on any atom is -0.305 e. The molecule has 2 rings (SSSR count). The molecule has 0 saturated heterocycles. The monoisotopic (exact) mass is 289 g/mol. The Hall–Kier alpha value is -1.74. The van der Waals surface area contributed by atoms with Crippen LogP contribution < -0.4 is 5.32 Å². The number of hydrogen-bond acceptors (Lipinski definition) is 1. The normalized spacial score (nSPS) is 13.2. The standard InChI is InChI=1S/C18H21F2N/c1-18(2,3)17(13-8-5-4-6-9-13)21-12-14-10-7-11-15(19)16(14)20/h4-11,17,21H,12H2,1-3H3. The number of rotatable bonds is 4. The maximum absolute atomic E-state index is 13.7. The molecule has 1 atom stereocenters. The van der Waals surface area contributed by atoms with E-state index in [1.807, 2.05) is 30.3 Å². The molecule has 2 aromatic carbocycles. The van der Waals surface area contributed by atoms with Gasteiger partial charge in [-0.3, -0.25) is 0 Å². The van der Waals surface area contributed by atoms with Crippen molar-refractivity contribution in [3.63, 3.8) is 0 Å². The van der Waals surface area contributed by atoms with Crippen LogP contribution >= 0.6 is 0 Å². The Morgan fingerprint density at radius 1 is 0.952 bits per heavy atom. The summed E-state index contributed by atoms with van der Waals surface area (Å²) < 4.78 is 27.0. The molecule has 2 aromatic rings. The highest BCUT2D eigenvalue weighted by molar-refractivity contribution is 5.23. The summed E-state index contributed by atoms with van der Waals surface area (Å²) in [5.41, 5.74) is 1.45. The van der Waals surface area contributed by atoms with Crippen molar-refractivity contribution in [2.75, 3.05) is 0 Å². The molecule has 1 N–H and O–H groups in total. The summed E-state index contributed by atoms with van der Waals surface area (Å²) in [7, 11) is 0. The molecule has 21 heavy (non-hydrogen) atoms. The molecule has 0 amide bonds. The molecule has 0 radical (unpaired) electrons. The van der Waals surface area contributed by atoms with E-state index in [1.54, 1.807) is 6.07 Å². The van der Waals surface area contributed by atoms with Gasteiger partial charge >= 0.3 is 0 Å². The molecule has 0 heterocycles. The van der Waals surface area contributed by atoms with Gasteiger partial charge in [-0.25, -0.2) is 8.78 Å². The van der Waals surface area contributed by atoms with Crippen molar-refractivity contribution < 1.29 is 8.78 Å². The zero-order valence-electron chi connectivity index (χ0n) is 12.7. The molecule has 0 aliphatic heterocycles. The van der Waals surface area contributed by atoms with Crippen molar-refractivity contribution in [3.8, 4) is 0 Å². The maximum atomic E-state index is 13.7. The van der Waals surface area contributed by atoms with E-state index in [0.29, 0.717) is 12.1 Å². The number of benzene rings is 2. The Balaban J connectivity index is 2.19. The first-order chi connectivity index (χ1) is 9.89. The van der Waals surface area contributed by atoms with Crippen LogP contribution in [0.25, 0.3) is 0 Å². The van der Waals surface area contributed by atoms with E-state index < -0.39 is 11.6 Å². The smallest absolute Gasteiger partial charge is 0.163 e. The molecule has 0 aliphatic rings. The van der Waals surface area contributed by atoms with Crippen LogP contribution in [0, 0.1) is 17.0 Å². The lowest BCUT2D eigenvalue weighted by Gasteiger charge is -2.32.